The fourth-order valence-corrected chi connectivity index (χ4v) is 1.76. The van der Waals surface area contributed by atoms with Crippen LogP contribution in [-0.2, 0) is 16.0 Å². The Bertz CT molecular complexity index is 625. The van der Waals surface area contributed by atoms with Crippen molar-refractivity contribution in [2.75, 3.05) is 7.11 Å². The number of rotatable bonds is 3. The summed E-state index contributed by atoms with van der Waals surface area (Å²) in [5.41, 5.74) is 2.10. The average Bonchev–Trinajstić information content (AvgIpc) is 2.70. The van der Waals surface area contributed by atoms with Gasteiger partial charge >= 0.3 is 5.97 Å². The summed E-state index contributed by atoms with van der Waals surface area (Å²) in [6.45, 7) is 1.92. The predicted octanol–water partition coefficient (Wildman–Crippen LogP) is 1.19. The summed E-state index contributed by atoms with van der Waals surface area (Å²) >= 11 is 0. The summed E-state index contributed by atoms with van der Waals surface area (Å²) in [6.07, 6.45) is 0.0601. The summed E-state index contributed by atoms with van der Waals surface area (Å²) < 4.78 is 5.99. The van der Waals surface area contributed by atoms with Crippen LogP contribution in [0.3, 0.4) is 0 Å². The second-order valence-electron chi connectivity index (χ2n) is 3.99. The highest BCUT2D eigenvalue weighted by Gasteiger charge is 2.10. The molecule has 0 bridgehead atoms. The zero-order chi connectivity index (χ0) is 13.1. The van der Waals surface area contributed by atoms with Crippen LogP contribution in [0, 0.1) is 6.92 Å². The van der Waals surface area contributed by atoms with Crippen LogP contribution in [0.15, 0.2) is 35.1 Å². The van der Waals surface area contributed by atoms with Crippen molar-refractivity contribution in [3.8, 4) is 5.69 Å². The van der Waals surface area contributed by atoms with E-state index in [1.54, 1.807) is 0 Å². The molecule has 0 aliphatic rings. The molecular weight excluding hydrogens is 232 g/mol. The van der Waals surface area contributed by atoms with E-state index in [0.29, 0.717) is 5.69 Å². The van der Waals surface area contributed by atoms with Crippen molar-refractivity contribution >= 4 is 5.97 Å². The fourth-order valence-electron chi connectivity index (χ4n) is 1.76. The standard InChI is InChI=1S/C13H14N2O3/c1-9-5-3-4-6-11(9)15-12(16)7-10(14-15)8-13(17)18-2/h3-7,14H,8H2,1-2H3. The Morgan fingerprint density at radius 3 is 2.78 bits per heavy atom. The highest BCUT2D eigenvalue weighted by atomic mass is 16.5. The normalized spacial score (nSPS) is 10.3. The molecule has 0 aliphatic heterocycles. The number of nitrogens with one attached hydrogen (secondary N) is 1. The maximum absolute atomic E-state index is 11.8. The number of methoxy groups -OCH3 is 1. The molecule has 0 radical (unpaired) electrons. The molecule has 0 aliphatic carbocycles. The molecule has 18 heavy (non-hydrogen) atoms. The molecule has 2 rings (SSSR count). The highest BCUT2D eigenvalue weighted by Crippen LogP contribution is 2.10. The van der Waals surface area contributed by atoms with Crippen molar-refractivity contribution in [2.45, 2.75) is 13.3 Å². The van der Waals surface area contributed by atoms with E-state index >= 15 is 0 Å². The van der Waals surface area contributed by atoms with Gasteiger partial charge in [0.15, 0.2) is 0 Å². The molecule has 0 amide bonds. The molecule has 94 valence electrons. The molecule has 0 atom stereocenters. The summed E-state index contributed by atoms with van der Waals surface area (Å²) in [5, 5.41) is 2.91. The van der Waals surface area contributed by atoms with Gasteiger partial charge in [-0.3, -0.25) is 14.7 Å². The van der Waals surface area contributed by atoms with Gasteiger partial charge in [-0.05, 0) is 18.6 Å². The smallest absolute Gasteiger partial charge is 0.311 e. The zero-order valence-electron chi connectivity index (χ0n) is 10.3. The molecule has 0 fully saturated rings. The molecule has 2 aromatic rings. The summed E-state index contributed by atoms with van der Waals surface area (Å²) in [5.74, 6) is -0.381. The summed E-state index contributed by atoms with van der Waals surface area (Å²) in [7, 11) is 1.32. The van der Waals surface area contributed by atoms with Crippen molar-refractivity contribution in [3.63, 3.8) is 0 Å². The molecule has 0 unspecified atom stereocenters. The van der Waals surface area contributed by atoms with E-state index in [2.05, 4.69) is 9.84 Å². The van der Waals surface area contributed by atoms with Crippen molar-refractivity contribution in [2.24, 2.45) is 0 Å². The first-order valence-corrected chi connectivity index (χ1v) is 5.55. The third-order valence-corrected chi connectivity index (χ3v) is 2.69. The number of H-pyrrole nitrogens is 1. The fraction of sp³-hybridized carbons (Fsp3) is 0.231. The maximum atomic E-state index is 11.8. The van der Waals surface area contributed by atoms with Crippen molar-refractivity contribution < 1.29 is 9.53 Å². The number of esters is 1. The second-order valence-corrected chi connectivity index (χ2v) is 3.99. The Kier molecular flexibility index (Phi) is 3.32. The molecule has 1 N–H and O–H groups in total. The van der Waals surface area contributed by atoms with E-state index in [-0.39, 0.29) is 17.9 Å². The lowest BCUT2D eigenvalue weighted by Gasteiger charge is -2.05. The number of carbonyl (C=O) groups is 1. The Hall–Kier alpha value is -2.30. The average molecular weight is 246 g/mol. The van der Waals surface area contributed by atoms with E-state index in [0.717, 1.165) is 11.3 Å². The first-order chi connectivity index (χ1) is 8.61. The van der Waals surface area contributed by atoms with E-state index in [9.17, 15) is 9.59 Å². The minimum absolute atomic E-state index is 0.0601. The third-order valence-electron chi connectivity index (χ3n) is 2.69. The molecule has 0 saturated heterocycles. The molecule has 1 heterocycles. The van der Waals surface area contributed by atoms with Gasteiger partial charge in [-0.15, -0.1) is 0 Å². The van der Waals surface area contributed by atoms with E-state index in [1.807, 2.05) is 31.2 Å². The van der Waals surface area contributed by atoms with Gasteiger partial charge in [-0.2, -0.15) is 0 Å². The largest absolute Gasteiger partial charge is 0.469 e. The van der Waals surface area contributed by atoms with Crippen molar-refractivity contribution in [1.29, 1.82) is 0 Å². The van der Waals surface area contributed by atoms with Crippen LogP contribution in [0.5, 0.6) is 0 Å². The molecular formula is C13H14N2O3. The predicted molar refractivity (Wildman–Crippen MR) is 66.8 cm³/mol. The number of carbonyl (C=O) groups excluding carboxylic acids is 1. The van der Waals surface area contributed by atoms with E-state index in [4.69, 9.17) is 0 Å². The number of para-hydroxylation sites is 1. The minimum atomic E-state index is -0.381. The van der Waals surface area contributed by atoms with Crippen molar-refractivity contribution in [1.82, 2.24) is 9.78 Å². The van der Waals surface area contributed by atoms with Gasteiger partial charge in [0.2, 0.25) is 0 Å². The Labute approximate surface area is 104 Å². The van der Waals surface area contributed by atoms with E-state index < -0.39 is 0 Å². The topological polar surface area (TPSA) is 64.1 Å². The van der Waals surface area contributed by atoms with Gasteiger partial charge in [-0.25, -0.2) is 4.68 Å². The van der Waals surface area contributed by atoms with Crippen LogP contribution in [-0.4, -0.2) is 22.9 Å². The zero-order valence-corrected chi connectivity index (χ0v) is 10.3. The van der Waals surface area contributed by atoms with Crippen LogP contribution < -0.4 is 5.56 Å². The number of nitrogens with zero attached hydrogens (tertiary/aromatic N) is 1. The summed E-state index contributed by atoms with van der Waals surface area (Å²) in [4.78, 5) is 23.0. The molecule has 0 spiro atoms. The first kappa shape index (κ1) is 12.2. The van der Waals surface area contributed by atoms with Crippen LogP contribution in [0.2, 0.25) is 0 Å². The molecule has 0 saturated carbocycles. The summed E-state index contributed by atoms with van der Waals surface area (Å²) in [6, 6.07) is 8.93. The number of aryl methyl sites for hydroxylation is 1. The second kappa shape index (κ2) is 4.91. The van der Waals surface area contributed by atoms with Gasteiger partial charge in [-0.1, -0.05) is 18.2 Å². The third kappa shape index (κ3) is 2.34. The Morgan fingerprint density at radius 1 is 1.39 bits per heavy atom. The van der Waals surface area contributed by atoms with Crippen molar-refractivity contribution in [3.05, 3.63) is 51.9 Å². The van der Waals surface area contributed by atoms with Gasteiger partial charge in [0.1, 0.15) is 0 Å². The van der Waals surface area contributed by atoms with E-state index in [1.165, 1.54) is 17.9 Å². The Balaban J connectivity index is 2.39. The number of benzene rings is 1. The molecule has 5 heteroatoms. The van der Waals surface area contributed by atoms with Gasteiger partial charge in [0, 0.05) is 11.8 Å². The number of hydrogen-bond donors (Lipinski definition) is 1. The van der Waals surface area contributed by atoms with Crippen LogP contribution in [0.4, 0.5) is 0 Å². The van der Waals surface area contributed by atoms with Crippen LogP contribution in [0.1, 0.15) is 11.3 Å². The lowest BCUT2D eigenvalue weighted by molar-refractivity contribution is -0.139. The molecule has 1 aromatic heterocycles. The quantitative estimate of drug-likeness (QED) is 0.827. The molecule has 5 nitrogen and oxygen atoms in total. The molecule has 1 aromatic carbocycles. The lowest BCUT2D eigenvalue weighted by atomic mass is 10.2. The monoisotopic (exact) mass is 246 g/mol. The SMILES string of the molecule is COC(=O)Cc1cc(=O)n(-c2ccccc2C)[nH]1. The number of hydrogen-bond acceptors (Lipinski definition) is 3. The minimum Gasteiger partial charge on any atom is -0.469 e. The van der Waals surface area contributed by atoms with Gasteiger partial charge < -0.3 is 4.74 Å². The number of aromatic nitrogens is 2. The highest BCUT2D eigenvalue weighted by molar-refractivity contribution is 5.71. The number of ether oxygens (including phenoxy) is 1. The Morgan fingerprint density at radius 2 is 2.11 bits per heavy atom. The van der Waals surface area contributed by atoms with Crippen LogP contribution >= 0.6 is 0 Å². The van der Waals surface area contributed by atoms with Gasteiger partial charge in [0.25, 0.3) is 5.56 Å². The first-order valence-electron chi connectivity index (χ1n) is 5.55. The number of aromatic amines is 1. The maximum Gasteiger partial charge on any atom is 0.311 e. The lowest BCUT2D eigenvalue weighted by Crippen LogP contribution is -2.14. The van der Waals surface area contributed by atoms with Gasteiger partial charge in [0.05, 0.1) is 19.2 Å². The van der Waals surface area contributed by atoms with Crippen LogP contribution in [0.25, 0.3) is 5.69 Å².